The number of nitro groups is 1. The summed E-state index contributed by atoms with van der Waals surface area (Å²) in [6, 6.07) is 2.31. The van der Waals surface area contributed by atoms with E-state index in [0.29, 0.717) is 6.07 Å². The number of nitrogens with one attached hydrogen (secondary N) is 1. The minimum Gasteiger partial charge on any atom is -0.258 e. The van der Waals surface area contributed by atoms with E-state index in [9.17, 15) is 27.5 Å². The van der Waals surface area contributed by atoms with Crippen molar-refractivity contribution in [2.75, 3.05) is 0 Å². The van der Waals surface area contributed by atoms with Crippen LogP contribution in [0.1, 0.15) is 31.9 Å². The molecule has 1 unspecified atom stereocenters. The zero-order chi connectivity index (χ0) is 16.4. The highest BCUT2D eigenvalue weighted by atomic mass is 32.2. The summed E-state index contributed by atoms with van der Waals surface area (Å²) in [7, 11) is -1.48. The average molecular weight is 324 g/mol. The molecule has 1 aromatic carbocycles. The first-order valence-electron chi connectivity index (χ1n) is 5.92. The lowest BCUT2D eigenvalue weighted by Crippen LogP contribution is -2.32. The molecule has 5 nitrogen and oxygen atoms in total. The van der Waals surface area contributed by atoms with Crippen molar-refractivity contribution in [1.29, 1.82) is 0 Å². The summed E-state index contributed by atoms with van der Waals surface area (Å²) in [5.41, 5.74) is -1.70. The summed E-state index contributed by atoms with van der Waals surface area (Å²) in [4.78, 5) is 9.80. The Morgan fingerprint density at radius 3 is 2.24 bits per heavy atom. The summed E-state index contributed by atoms with van der Waals surface area (Å²) in [6.45, 7) is 4.94. The first-order valence-corrected chi connectivity index (χ1v) is 7.07. The Morgan fingerprint density at radius 2 is 1.81 bits per heavy atom. The van der Waals surface area contributed by atoms with E-state index in [4.69, 9.17) is 0 Å². The predicted octanol–water partition coefficient (Wildman–Crippen LogP) is 3.17. The average Bonchev–Trinajstić information content (AvgIpc) is 2.33. The fraction of sp³-hybridized carbons (Fsp3) is 0.500. The highest BCUT2D eigenvalue weighted by molar-refractivity contribution is 7.84. The highest BCUT2D eigenvalue weighted by Gasteiger charge is 2.32. The van der Waals surface area contributed by atoms with Crippen molar-refractivity contribution in [1.82, 2.24) is 4.72 Å². The zero-order valence-corrected chi connectivity index (χ0v) is 12.5. The largest absolute Gasteiger partial charge is 0.416 e. The lowest BCUT2D eigenvalue weighted by Gasteiger charge is -2.18. The van der Waals surface area contributed by atoms with Gasteiger partial charge in [-0.2, -0.15) is 13.2 Å². The van der Waals surface area contributed by atoms with Crippen LogP contribution in [0.15, 0.2) is 18.2 Å². The number of benzene rings is 1. The molecule has 0 saturated heterocycles. The SMILES string of the molecule is CC(C)(C)S(=O)NCc1cc([N+](=O)[O-])cc(C(F)(F)F)c1. The molecule has 118 valence electrons. The summed E-state index contributed by atoms with van der Waals surface area (Å²) in [5, 5.41) is 10.7. The topological polar surface area (TPSA) is 72.2 Å². The van der Waals surface area contributed by atoms with Gasteiger partial charge in [-0.3, -0.25) is 10.1 Å². The number of rotatable bonds is 4. The second kappa shape index (κ2) is 6.10. The molecule has 0 radical (unpaired) electrons. The standard InChI is InChI=1S/C12H15F3N2O3S/c1-11(2,3)21(20)16-7-8-4-9(12(13,14)15)6-10(5-8)17(18)19/h4-6,16H,7H2,1-3H3. The Morgan fingerprint density at radius 1 is 1.24 bits per heavy atom. The lowest BCUT2D eigenvalue weighted by molar-refractivity contribution is -0.385. The molecule has 0 saturated carbocycles. The molecule has 0 aromatic heterocycles. The first kappa shape index (κ1) is 17.6. The Hall–Kier alpha value is -1.48. The molecule has 0 aliphatic heterocycles. The molecule has 0 bridgehead atoms. The zero-order valence-electron chi connectivity index (χ0n) is 11.7. The minimum atomic E-state index is -4.68. The van der Waals surface area contributed by atoms with Crippen LogP contribution < -0.4 is 4.72 Å². The normalized spacial score (nSPS) is 14.0. The maximum Gasteiger partial charge on any atom is 0.416 e. The van der Waals surface area contributed by atoms with Crippen LogP contribution >= 0.6 is 0 Å². The molecule has 21 heavy (non-hydrogen) atoms. The number of hydrogen-bond acceptors (Lipinski definition) is 3. The number of nitrogens with zero attached hydrogens (tertiary/aromatic N) is 1. The third kappa shape index (κ3) is 5.09. The number of non-ortho nitro benzene ring substituents is 1. The van der Waals surface area contributed by atoms with Crippen LogP contribution in [0.3, 0.4) is 0 Å². The monoisotopic (exact) mass is 324 g/mol. The van der Waals surface area contributed by atoms with Gasteiger partial charge in [-0.1, -0.05) is 0 Å². The van der Waals surface area contributed by atoms with Crippen LogP contribution in [0.4, 0.5) is 18.9 Å². The summed E-state index contributed by atoms with van der Waals surface area (Å²) in [6.07, 6.45) is -4.68. The van der Waals surface area contributed by atoms with Crippen molar-refractivity contribution in [2.24, 2.45) is 0 Å². The quantitative estimate of drug-likeness (QED) is 0.683. The molecular formula is C12H15F3N2O3S. The first-order chi connectivity index (χ1) is 9.41. The maximum atomic E-state index is 12.7. The van der Waals surface area contributed by atoms with Crippen LogP contribution in [0.5, 0.6) is 0 Å². The molecular weight excluding hydrogens is 309 g/mol. The number of halogens is 3. The Bertz CT molecular complexity index is 568. The number of nitro benzene ring substituents is 1. The van der Waals surface area contributed by atoms with Gasteiger partial charge in [-0.15, -0.1) is 0 Å². The molecule has 0 fully saturated rings. The van der Waals surface area contributed by atoms with Crippen LogP contribution in [0, 0.1) is 10.1 Å². The Balaban J connectivity index is 3.05. The van der Waals surface area contributed by atoms with Gasteiger partial charge in [-0.25, -0.2) is 8.93 Å². The molecule has 0 heterocycles. The second-order valence-corrected chi connectivity index (χ2v) is 7.40. The second-order valence-electron chi connectivity index (χ2n) is 5.35. The Labute approximate surface area is 122 Å². The molecule has 1 aromatic rings. The van der Waals surface area contributed by atoms with Gasteiger partial charge in [0.2, 0.25) is 0 Å². The van der Waals surface area contributed by atoms with Crippen molar-refractivity contribution in [3.05, 3.63) is 39.4 Å². The smallest absolute Gasteiger partial charge is 0.258 e. The predicted molar refractivity (Wildman–Crippen MR) is 72.8 cm³/mol. The Kier molecular flexibility index (Phi) is 5.11. The van der Waals surface area contributed by atoms with E-state index in [1.807, 2.05) is 0 Å². The summed E-state index contributed by atoms with van der Waals surface area (Å²) < 4.78 is 51.8. The van der Waals surface area contributed by atoms with Crippen LogP contribution in [0.2, 0.25) is 0 Å². The van der Waals surface area contributed by atoms with E-state index in [1.165, 1.54) is 0 Å². The molecule has 0 aliphatic rings. The molecule has 9 heteroatoms. The van der Waals surface area contributed by atoms with Crippen molar-refractivity contribution in [2.45, 2.75) is 38.2 Å². The number of hydrogen-bond donors (Lipinski definition) is 1. The van der Waals surface area contributed by atoms with Crippen LogP contribution in [-0.2, 0) is 23.7 Å². The number of alkyl halides is 3. The van der Waals surface area contributed by atoms with E-state index in [1.54, 1.807) is 20.8 Å². The molecule has 1 atom stereocenters. The lowest BCUT2D eigenvalue weighted by atomic mass is 10.1. The van der Waals surface area contributed by atoms with E-state index in [-0.39, 0.29) is 12.1 Å². The summed E-state index contributed by atoms with van der Waals surface area (Å²) in [5.74, 6) is 0. The molecule has 0 aliphatic carbocycles. The molecule has 0 spiro atoms. The van der Waals surface area contributed by atoms with Crippen molar-refractivity contribution < 1.29 is 22.3 Å². The van der Waals surface area contributed by atoms with Crippen molar-refractivity contribution in [3.63, 3.8) is 0 Å². The van der Waals surface area contributed by atoms with Crippen LogP contribution in [0.25, 0.3) is 0 Å². The van der Waals surface area contributed by atoms with Gasteiger partial charge in [0, 0.05) is 18.7 Å². The van der Waals surface area contributed by atoms with Gasteiger partial charge >= 0.3 is 6.18 Å². The fourth-order valence-corrected chi connectivity index (χ4v) is 2.14. The van der Waals surface area contributed by atoms with Gasteiger partial charge < -0.3 is 0 Å². The molecule has 1 rings (SSSR count). The maximum absolute atomic E-state index is 12.7. The highest BCUT2D eigenvalue weighted by Crippen LogP contribution is 2.32. The van der Waals surface area contributed by atoms with Gasteiger partial charge in [0.25, 0.3) is 5.69 Å². The molecule has 0 amide bonds. The third-order valence-corrected chi connectivity index (χ3v) is 4.00. The fourth-order valence-electron chi connectivity index (χ4n) is 1.41. The van der Waals surface area contributed by atoms with E-state index in [2.05, 4.69) is 4.72 Å². The van der Waals surface area contributed by atoms with Crippen molar-refractivity contribution >= 4 is 16.7 Å². The van der Waals surface area contributed by atoms with E-state index in [0.717, 1.165) is 12.1 Å². The molecule has 1 N–H and O–H groups in total. The van der Waals surface area contributed by atoms with Gasteiger partial charge in [0.05, 0.1) is 26.2 Å². The van der Waals surface area contributed by atoms with Crippen molar-refractivity contribution in [3.8, 4) is 0 Å². The minimum absolute atomic E-state index is 0.0501. The summed E-state index contributed by atoms with van der Waals surface area (Å²) >= 11 is 0. The van der Waals surface area contributed by atoms with E-state index < -0.39 is 38.1 Å². The van der Waals surface area contributed by atoms with Crippen LogP contribution in [-0.4, -0.2) is 13.9 Å². The van der Waals surface area contributed by atoms with E-state index >= 15 is 0 Å². The third-order valence-electron chi connectivity index (χ3n) is 2.48. The van der Waals surface area contributed by atoms with Gasteiger partial charge in [0.1, 0.15) is 0 Å². The van der Waals surface area contributed by atoms with Gasteiger partial charge in [0.15, 0.2) is 0 Å². The van der Waals surface area contributed by atoms with Gasteiger partial charge in [-0.05, 0) is 32.4 Å².